The topological polar surface area (TPSA) is 64.4 Å². The molecule has 2 fully saturated rings. The van der Waals surface area contributed by atoms with Crippen molar-refractivity contribution in [3.05, 3.63) is 0 Å². The van der Waals surface area contributed by atoms with Gasteiger partial charge in [-0.15, -0.1) is 0 Å². The first-order chi connectivity index (χ1) is 8.59. The Morgan fingerprint density at radius 1 is 1.33 bits per heavy atom. The van der Waals surface area contributed by atoms with Crippen LogP contribution in [0, 0.1) is 5.92 Å². The molecule has 3 atom stereocenters. The van der Waals surface area contributed by atoms with Gasteiger partial charge in [-0.05, 0) is 39.0 Å². The van der Waals surface area contributed by atoms with E-state index in [-0.39, 0.29) is 23.5 Å². The van der Waals surface area contributed by atoms with Crippen LogP contribution < -0.4 is 11.1 Å². The predicted octanol–water partition coefficient (Wildman–Crippen LogP) is 1.58. The lowest BCUT2D eigenvalue weighted by molar-refractivity contribution is -0.129. The van der Waals surface area contributed by atoms with E-state index in [2.05, 4.69) is 5.32 Å². The fourth-order valence-electron chi connectivity index (χ4n) is 3.09. The highest BCUT2D eigenvalue weighted by molar-refractivity contribution is 5.80. The van der Waals surface area contributed by atoms with Crippen LogP contribution in [0.25, 0.3) is 0 Å². The van der Waals surface area contributed by atoms with Crippen LogP contribution in [0.3, 0.4) is 0 Å². The minimum Gasteiger partial charge on any atom is -0.376 e. The molecular formula is C14H26N2O2. The molecule has 2 aliphatic rings. The van der Waals surface area contributed by atoms with E-state index in [0.717, 1.165) is 45.1 Å². The van der Waals surface area contributed by atoms with Gasteiger partial charge in [-0.1, -0.05) is 12.8 Å². The predicted molar refractivity (Wildman–Crippen MR) is 71.2 cm³/mol. The maximum atomic E-state index is 12.2. The fraction of sp³-hybridized carbons (Fsp3) is 0.929. The number of nitrogens with one attached hydrogen (secondary N) is 1. The van der Waals surface area contributed by atoms with Crippen molar-refractivity contribution in [2.75, 3.05) is 13.2 Å². The maximum Gasteiger partial charge on any atom is 0.225 e. The minimum absolute atomic E-state index is 0.0326. The third kappa shape index (κ3) is 3.45. The molecule has 104 valence electrons. The molecule has 0 aromatic carbocycles. The highest BCUT2D eigenvalue weighted by atomic mass is 16.5. The number of rotatable bonds is 3. The molecule has 1 saturated heterocycles. The Labute approximate surface area is 110 Å². The molecule has 1 saturated carbocycles. The number of carbonyl (C=O) groups is 1. The second kappa shape index (κ2) is 6.02. The quantitative estimate of drug-likeness (QED) is 0.803. The minimum atomic E-state index is -0.338. The van der Waals surface area contributed by atoms with E-state index < -0.39 is 0 Å². The largest absolute Gasteiger partial charge is 0.376 e. The van der Waals surface area contributed by atoms with Crippen LogP contribution >= 0.6 is 0 Å². The van der Waals surface area contributed by atoms with Crippen molar-refractivity contribution in [1.82, 2.24) is 5.32 Å². The van der Waals surface area contributed by atoms with Gasteiger partial charge >= 0.3 is 0 Å². The monoisotopic (exact) mass is 254 g/mol. The fourth-order valence-corrected chi connectivity index (χ4v) is 3.09. The van der Waals surface area contributed by atoms with E-state index in [0.29, 0.717) is 6.54 Å². The van der Waals surface area contributed by atoms with Crippen molar-refractivity contribution in [2.24, 2.45) is 11.7 Å². The molecule has 0 bridgehead atoms. The summed E-state index contributed by atoms with van der Waals surface area (Å²) in [5.74, 6) is 0.0868. The number of nitrogens with two attached hydrogens (primary N) is 1. The van der Waals surface area contributed by atoms with Gasteiger partial charge in [0.2, 0.25) is 5.91 Å². The van der Waals surface area contributed by atoms with Crippen LogP contribution in [0.1, 0.15) is 51.9 Å². The molecule has 0 aromatic rings. The first kappa shape index (κ1) is 13.8. The zero-order valence-corrected chi connectivity index (χ0v) is 11.4. The van der Waals surface area contributed by atoms with Crippen molar-refractivity contribution in [2.45, 2.75) is 63.5 Å². The first-order valence-electron chi connectivity index (χ1n) is 7.28. The number of hydrogen-bond donors (Lipinski definition) is 2. The van der Waals surface area contributed by atoms with Crippen molar-refractivity contribution < 1.29 is 9.53 Å². The van der Waals surface area contributed by atoms with Crippen molar-refractivity contribution >= 4 is 5.91 Å². The Morgan fingerprint density at radius 2 is 2.11 bits per heavy atom. The number of hydrogen-bond acceptors (Lipinski definition) is 3. The maximum absolute atomic E-state index is 12.2. The van der Waals surface area contributed by atoms with Crippen molar-refractivity contribution in [3.63, 3.8) is 0 Å². The van der Waals surface area contributed by atoms with Gasteiger partial charge < -0.3 is 15.8 Å². The summed E-state index contributed by atoms with van der Waals surface area (Å²) < 4.78 is 5.62. The van der Waals surface area contributed by atoms with E-state index in [1.807, 2.05) is 6.92 Å². The van der Waals surface area contributed by atoms with Crippen LogP contribution in [-0.4, -0.2) is 30.7 Å². The zero-order valence-electron chi connectivity index (χ0n) is 11.4. The molecular weight excluding hydrogens is 228 g/mol. The summed E-state index contributed by atoms with van der Waals surface area (Å²) in [5, 5.41) is 3.03. The third-order valence-corrected chi connectivity index (χ3v) is 4.35. The highest BCUT2D eigenvalue weighted by Gasteiger charge is 2.37. The second-order valence-electron chi connectivity index (χ2n) is 6.04. The second-order valence-corrected chi connectivity index (χ2v) is 6.04. The number of amides is 1. The van der Waals surface area contributed by atoms with Gasteiger partial charge in [0.25, 0.3) is 0 Å². The molecule has 4 nitrogen and oxygen atoms in total. The van der Waals surface area contributed by atoms with Gasteiger partial charge in [-0.2, -0.15) is 0 Å². The van der Waals surface area contributed by atoms with E-state index in [1.54, 1.807) is 0 Å². The van der Waals surface area contributed by atoms with Gasteiger partial charge in [0.15, 0.2) is 0 Å². The lowest BCUT2D eigenvalue weighted by atomic mass is 9.74. The molecule has 1 amide bonds. The van der Waals surface area contributed by atoms with E-state index in [4.69, 9.17) is 10.5 Å². The highest BCUT2D eigenvalue weighted by Crippen LogP contribution is 2.31. The van der Waals surface area contributed by atoms with Crippen LogP contribution in [0.15, 0.2) is 0 Å². The van der Waals surface area contributed by atoms with Gasteiger partial charge in [-0.3, -0.25) is 4.79 Å². The van der Waals surface area contributed by atoms with Crippen molar-refractivity contribution in [1.29, 1.82) is 0 Å². The molecule has 0 spiro atoms. The number of ether oxygens (including phenoxy) is 1. The summed E-state index contributed by atoms with van der Waals surface area (Å²) in [6.45, 7) is 3.48. The Balaban J connectivity index is 1.79. The molecule has 1 heterocycles. The SMILES string of the molecule is CC1(N)CCCCC1C(=O)NCC1CCCCO1. The zero-order chi connectivity index (χ0) is 13.0. The molecule has 1 aliphatic carbocycles. The smallest absolute Gasteiger partial charge is 0.225 e. The van der Waals surface area contributed by atoms with Gasteiger partial charge in [0, 0.05) is 18.7 Å². The first-order valence-corrected chi connectivity index (χ1v) is 7.28. The van der Waals surface area contributed by atoms with Crippen LogP contribution in [0.4, 0.5) is 0 Å². The number of carbonyl (C=O) groups excluding carboxylic acids is 1. The Morgan fingerprint density at radius 3 is 2.78 bits per heavy atom. The average Bonchev–Trinajstić information content (AvgIpc) is 2.37. The molecule has 2 rings (SSSR count). The molecule has 18 heavy (non-hydrogen) atoms. The molecule has 4 heteroatoms. The summed E-state index contributed by atoms with van der Waals surface area (Å²) in [6.07, 6.45) is 7.75. The van der Waals surface area contributed by atoms with Gasteiger partial charge in [0.05, 0.1) is 12.0 Å². The lowest BCUT2D eigenvalue weighted by Crippen LogP contribution is -2.53. The molecule has 1 aliphatic heterocycles. The van der Waals surface area contributed by atoms with Crippen molar-refractivity contribution in [3.8, 4) is 0 Å². The van der Waals surface area contributed by atoms with Crippen LogP contribution in [-0.2, 0) is 9.53 Å². The molecule has 3 unspecified atom stereocenters. The standard InChI is InChI=1S/C14H26N2O2/c1-14(15)8-4-2-7-12(14)13(17)16-10-11-6-3-5-9-18-11/h11-12H,2-10,15H2,1H3,(H,16,17). The average molecular weight is 254 g/mol. The van der Waals surface area contributed by atoms with E-state index in [1.165, 1.54) is 6.42 Å². The van der Waals surface area contributed by atoms with Gasteiger partial charge in [-0.25, -0.2) is 0 Å². The van der Waals surface area contributed by atoms with Crippen LogP contribution in [0.5, 0.6) is 0 Å². The van der Waals surface area contributed by atoms with Gasteiger partial charge in [0.1, 0.15) is 0 Å². The van der Waals surface area contributed by atoms with E-state index >= 15 is 0 Å². The third-order valence-electron chi connectivity index (χ3n) is 4.35. The summed E-state index contributed by atoms with van der Waals surface area (Å²) in [5.41, 5.74) is 5.90. The Hall–Kier alpha value is -0.610. The Kier molecular flexibility index (Phi) is 4.62. The normalized spacial score (nSPS) is 37.2. The summed E-state index contributed by atoms with van der Waals surface area (Å²) in [6, 6.07) is 0. The summed E-state index contributed by atoms with van der Waals surface area (Å²) >= 11 is 0. The molecule has 0 radical (unpaired) electrons. The Bertz CT molecular complexity index is 286. The summed E-state index contributed by atoms with van der Waals surface area (Å²) in [7, 11) is 0. The van der Waals surface area contributed by atoms with Crippen LogP contribution in [0.2, 0.25) is 0 Å². The molecule has 3 N–H and O–H groups in total. The molecule has 0 aromatic heterocycles. The lowest BCUT2D eigenvalue weighted by Gasteiger charge is -2.37. The van der Waals surface area contributed by atoms with E-state index in [9.17, 15) is 4.79 Å². The summed E-state index contributed by atoms with van der Waals surface area (Å²) in [4.78, 5) is 12.2.